The molecule has 35 heavy (non-hydrogen) atoms. The zero-order valence-corrected chi connectivity index (χ0v) is 20.2. The Balaban J connectivity index is 1.53. The molecule has 0 atom stereocenters. The molecule has 0 unspecified atom stereocenters. The summed E-state index contributed by atoms with van der Waals surface area (Å²) in [5, 5.41) is 16.0. The van der Waals surface area contributed by atoms with Crippen LogP contribution in [0.2, 0.25) is 0 Å². The van der Waals surface area contributed by atoms with E-state index < -0.39 is 11.1 Å². The van der Waals surface area contributed by atoms with Crippen molar-refractivity contribution < 1.29 is 5.11 Å². The number of aromatic nitrogens is 4. The molecule has 176 valence electrons. The first-order chi connectivity index (χ1) is 16.7. The fourth-order valence-electron chi connectivity index (χ4n) is 5.37. The molecule has 1 aliphatic rings. The largest absolute Gasteiger partial charge is 0.390 e. The predicted octanol–water partition coefficient (Wildman–Crippen LogP) is 5.43. The highest BCUT2D eigenvalue weighted by Gasteiger charge is 2.49. The van der Waals surface area contributed by atoms with E-state index in [9.17, 15) is 5.11 Å². The van der Waals surface area contributed by atoms with Crippen molar-refractivity contribution in [2.45, 2.75) is 50.7 Å². The monoisotopic (exact) mass is 463 g/mol. The molecule has 0 saturated heterocycles. The number of aliphatic hydroxyl groups is 1. The van der Waals surface area contributed by atoms with Crippen LogP contribution >= 0.6 is 0 Å². The third kappa shape index (κ3) is 3.70. The lowest BCUT2D eigenvalue weighted by molar-refractivity contribution is -0.0738. The van der Waals surface area contributed by atoms with Crippen LogP contribution in [0.3, 0.4) is 0 Å². The van der Waals surface area contributed by atoms with Crippen LogP contribution in [-0.4, -0.2) is 30.3 Å². The lowest BCUT2D eigenvalue weighted by Gasteiger charge is -2.49. The SMILES string of the molecule is CC(C)c1cc2ncc3cc(-c4ccccc4)c(-c4ccc(C5(N)CC(C)(O)C5)cc4)nc3n2n1. The van der Waals surface area contributed by atoms with Crippen molar-refractivity contribution >= 4 is 16.7 Å². The lowest BCUT2D eigenvalue weighted by Crippen LogP contribution is -2.58. The molecule has 1 saturated carbocycles. The molecule has 5 aromatic rings. The summed E-state index contributed by atoms with van der Waals surface area (Å²) in [7, 11) is 0. The van der Waals surface area contributed by atoms with Crippen molar-refractivity contribution in [1.82, 2.24) is 19.6 Å². The minimum atomic E-state index is -0.689. The molecule has 0 spiro atoms. The van der Waals surface area contributed by atoms with Gasteiger partial charge in [0, 0.05) is 34.3 Å². The molecule has 0 amide bonds. The first-order valence-electron chi connectivity index (χ1n) is 12.1. The minimum Gasteiger partial charge on any atom is -0.390 e. The molecule has 0 radical (unpaired) electrons. The molecule has 6 rings (SSSR count). The number of nitrogens with zero attached hydrogens (tertiary/aromatic N) is 4. The number of hydrogen-bond donors (Lipinski definition) is 2. The first-order valence-corrected chi connectivity index (χ1v) is 12.1. The zero-order valence-electron chi connectivity index (χ0n) is 20.2. The van der Waals surface area contributed by atoms with Gasteiger partial charge in [0.2, 0.25) is 0 Å². The maximum atomic E-state index is 10.2. The number of benzene rings is 2. The second-order valence-electron chi connectivity index (χ2n) is 10.5. The predicted molar refractivity (Wildman–Crippen MR) is 139 cm³/mol. The third-order valence-electron chi connectivity index (χ3n) is 7.08. The summed E-state index contributed by atoms with van der Waals surface area (Å²) in [5.41, 5.74) is 13.0. The minimum absolute atomic E-state index is 0.304. The third-order valence-corrected chi connectivity index (χ3v) is 7.08. The topological polar surface area (TPSA) is 89.3 Å². The molecule has 6 heteroatoms. The second-order valence-corrected chi connectivity index (χ2v) is 10.5. The van der Waals surface area contributed by atoms with Gasteiger partial charge in [0.1, 0.15) is 0 Å². The lowest BCUT2D eigenvalue weighted by atomic mass is 9.63. The van der Waals surface area contributed by atoms with Crippen molar-refractivity contribution in [3.63, 3.8) is 0 Å². The Morgan fingerprint density at radius 3 is 2.34 bits per heavy atom. The van der Waals surface area contributed by atoms with Crippen molar-refractivity contribution in [3.05, 3.63) is 84.2 Å². The summed E-state index contributed by atoms with van der Waals surface area (Å²) >= 11 is 0. The van der Waals surface area contributed by atoms with Crippen LogP contribution in [0.15, 0.2) is 72.9 Å². The van der Waals surface area contributed by atoms with Gasteiger partial charge in [0.05, 0.1) is 17.0 Å². The van der Waals surface area contributed by atoms with Gasteiger partial charge in [-0.25, -0.2) is 9.97 Å². The summed E-state index contributed by atoms with van der Waals surface area (Å²) in [6.07, 6.45) is 3.00. The Morgan fingerprint density at radius 1 is 0.971 bits per heavy atom. The van der Waals surface area contributed by atoms with E-state index in [1.807, 2.05) is 41.9 Å². The highest BCUT2D eigenvalue weighted by Crippen LogP contribution is 2.46. The van der Waals surface area contributed by atoms with E-state index in [2.05, 4.69) is 61.3 Å². The molecule has 6 nitrogen and oxygen atoms in total. The van der Waals surface area contributed by atoms with E-state index in [1.165, 1.54) is 0 Å². The van der Waals surface area contributed by atoms with Gasteiger partial charge >= 0.3 is 0 Å². The summed E-state index contributed by atoms with van der Waals surface area (Å²) in [5.74, 6) is 0.304. The number of fused-ring (bicyclic) bond motifs is 3. The molecule has 0 aliphatic heterocycles. The number of pyridine rings is 1. The van der Waals surface area contributed by atoms with Gasteiger partial charge in [-0.2, -0.15) is 9.61 Å². The number of rotatable bonds is 4. The van der Waals surface area contributed by atoms with E-state index in [-0.39, 0.29) is 0 Å². The molecule has 1 aliphatic carbocycles. The number of nitrogens with two attached hydrogens (primary N) is 1. The van der Waals surface area contributed by atoms with Gasteiger partial charge in [-0.3, -0.25) is 0 Å². The Labute approximate surface area is 204 Å². The normalized spacial score (nSPS) is 22.1. The highest BCUT2D eigenvalue weighted by molar-refractivity contribution is 5.90. The maximum Gasteiger partial charge on any atom is 0.165 e. The first kappa shape index (κ1) is 21.9. The zero-order chi connectivity index (χ0) is 24.4. The van der Waals surface area contributed by atoms with Gasteiger partial charge in [-0.05, 0) is 42.9 Å². The Hall–Kier alpha value is -3.61. The van der Waals surface area contributed by atoms with Crippen LogP contribution in [0.4, 0.5) is 0 Å². The molecule has 2 aromatic carbocycles. The molecule has 0 bridgehead atoms. The molecule has 3 aromatic heterocycles. The highest BCUT2D eigenvalue weighted by atomic mass is 16.3. The van der Waals surface area contributed by atoms with Crippen molar-refractivity contribution in [1.29, 1.82) is 0 Å². The number of hydrogen-bond acceptors (Lipinski definition) is 5. The van der Waals surface area contributed by atoms with E-state index in [0.29, 0.717) is 18.8 Å². The van der Waals surface area contributed by atoms with Gasteiger partial charge in [-0.15, -0.1) is 0 Å². The maximum absolute atomic E-state index is 10.2. The Kier molecular flexibility index (Phi) is 4.82. The van der Waals surface area contributed by atoms with Gasteiger partial charge in [-0.1, -0.05) is 68.4 Å². The van der Waals surface area contributed by atoms with E-state index >= 15 is 0 Å². The summed E-state index contributed by atoms with van der Waals surface area (Å²) in [6.45, 7) is 6.10. The summed E-state index contributed by atoms with van der Waals surface area (Å²) in [4.78, 5) is 9.80. The fraction of sp³-hybridized carbons (Fsp3) is 0.276. The molecule has 3 N–H and O–H groups in total. The van der Waals surface area contributed by atoms with Crippen molar-refractivity contribution in [2.75, 3.05) is 0 Å². The van der Waals surface area contributed by atoms with Crippen LogP contribution in [0.5, 0.6) is 0 Å². The molecular weight excluding hydrogens is 434 g/mol. The average Bonchev–Trinajstić information content (AvgIpc) is 3.28. The summed E-state index contributed by atoms with van der Waals surface area (Å²) in [6, 6.07) is 22.8. The summed E-state index contributed by atoms with van der Waals surface area (Å²) < 4.78 is 1.85. The van der Waals surface area contributed by atoms with Gasteiger partial charge in [0.15, 0.2) is 11.3 Å². The van der Waals surface area contributed by atoms with Gasteiger partial charge in [0.25, 0.3) is 0 Å². The van der Waals surface area contributed by atoms with E-state index in [0.717, 1.165) is 50.3 Å². The van der Waals surface area contributed by atoms with Crippen molar-refractivity contribution in [3.8, 4) is 22.4 Å². The molecule has 1 fully saturated rings. The van der Waals surface area contributed by atoms with Crippen molar-refractivity contribution in [2.24, 2.45) is 5.73 Å². The van der Waals surface area contributed by atoms with Crippen LogP contribution in [0.1, 0.15) is 50.8 Å². The average molecular weight is 464 g/mol. The molecule has 3 heterocycles. The van der Waals surface area contributed by atoms with E-state index in [1.54, 1.807) is 0 Å². The Morgan fingerprint density at radius 2 is 1.69 bits per heavy atom. The molecular formula is C29H29N5O. The van der Waals surface area contributed by atoms with E-state index in [4.69, 9.17) is 15.8 Å². The second kappa shape index (κ2) is 7.70. The standard InChI is InChI=1S/C29H29N5O/c1-18(2)24-14-25-31-15-21-13-23(19-7-5-4-6-8-19)26(32-27(21)34(25)33-24)20-9-11-22(12-10-20)29(30)16-28(3,35)17-29/h4-15,18,35H,16-17,30H2,1-3H3. The van der Waals surface area contributed by atoms with Crippen LogP contribution in [0.25, 0.3) is 39.1 Å². The van der Waals surface area contributed by atoms with Crippen LogP contribution in [-0.2, 0) is 5.54 Å². The quantitative estimate of drug-likeness (QED) is 0.371. The van der Waals surface area contributed by atoms with Crippen LogP contribution < -0.4 is 5.73 Å². The fourth-order valence-corrected chi connectivity index (χ4v) is 5.37. The van der Waals surface area contributed by atoms with Crippen LogP contribution in [0, 0.1) is 0 Å². The Bertz CT molecular complexity index is 1540. The van der Waals surface area contributed by atoms with Gasteiger partial charge < -0.3 is 10.8 Å². The smallest absolute Gasteiger partial charge is 0.165 e.